The van der Waals surface area contributed by atoms with Crippen molar-refractivity contribution in [3.8, 4) is 12.1 Å². The molecule has 7 nitrogen and oxygen atoms in total. The highest BCUT2D eigenvalue weighted by Gasteiger charge is 2.21. The molecular formula is C20H19N5O2. The number of aromatic nitrogens is 1. The van der Waals surface area contributed by atoms with E-state index in [-0.39, 0.29) is 12.0 Å². The zero-order chi connectivity index (χ0) is 19.1. The number of nitriles is 2. The lowest BCUT2D eigenvalue weighted by molar-refractivity contribution is 0.0639. The van der Waals surface area contributed by atoms with E-state index in [2.05, 4.69) is 21.3 Å². The van der Waals surface area contributed by atoms with Gasteiger partial charge < -0.3 is 15.0 Å². The highest BCUT2D eigenvalue weighted by Crippen LogP contribution is 2.16. The minimum absolute atomic E-state index is 0.178. The summed E-state index contributed by atoms with van der Waals surface area (Å²) in [4.78, 5) is 18.7. The van der Waals surface area contributed by atoms with Crippen molar-refractivity contribution in [2.24, 2.45) is 0 Å². The number of nitrogens with one attached hydrogen (secondary N) is 1. The fraction of sp³-hybridized carbons (Fsp3) is 0.300. The summed E-state index contributed by atoms with van der Waals surface area (Å²) in [5.74, 6) is 0.534. The van der Waals surface area contributed by atoms with Crippen molar-refractivity contribution >= 4 is 11.7 Å². The van der Waals surface area contributed by atoms with Gasteiger partial charge in [0.2, 0.25) is 0 Å². The Morgan fingerprint density at radius 1 is 1.22 bits per heavy atom. The first kappa shape index (κ1) is 18.4. The highest BCUT2D eigenvalue weighted by molar-refractivity contribution is 5.94. The molecule has 136 valence electrons. The van der Waals surface area contributed by atoms with E-state index in [4.69, 9.17) is 15.3 Å². The molecule has 1 atom stereocenters. The number of ether oxygens (including phenoxy) is 1. The maximum Gasteiger partial charge on any atom is 0.251 e. The van der Waals surface area contributed by atoms with E-state index in [1.165, 1.54) is 0 Å². The molecule has 3 rings (SSSR count). The Bertz CT molecular complexity index is 882. The lowest BCUT2D eigenvalue weighted by Crippen LogP contribution is -2.40. The quantitative estimate of drug-likeness (QED) is 0.892. The van der Waals surface area contributed by atoms with Gasteiger partial charge in [0.1, 0.15) is 17.6 Å². The lowest BCUT2D eigenvalue weighted by Gasteiger charge is -2.25. The maximum atomic E-state index is 12.3. The second-order valence-corrected chi connectivity index (χ2v) is 6.18. The zero-order valence-corrected chi connectivity index (χ0v) is 14.8. The van der Waals surface area contributed by atoms with E-state index >= 15 is 0 Å². The maximum absolute atomic E-state index is 12.3. The van der Waals surface area contributed by atoms with Crippen molar-refractivity contribution in [2.75, 3.05) is 31.1 Å². The van der Waals surface area contributed by atoms with Crippen LogP contribution in [0.25, 0.3) is 0 Å². The van der Waals surface area contributed by atoms with Crippen LogP contribution in [0.1, 0.15) is 28.0 Å². The third-order valence-electron chi connectivity index (χ3n) is 4.29. The van der Waals surface area contributed by atoms with Gasteiger partial charge in [0.15, 0.2) is 0 Å². The van der Waals surface area contributed by atoms with Gasteiger partial charge in [-0.05, 0) is 42.8 Å². The Kier molecular flexibility index (Phi) is 5.98. The number of carbonyl (C=O) groups is 1. The minimum Gasteiger partial charge on any atom is -0.374 e. The van der Waals surface area contributed by atoms with Gasteiger partial charge in [-0.3, -0.25) is 4.79 Å². The number of rotatable bonds is 4. The van der Waals surface area contributed by atoms with Gasteiger partial charge in [-0.15, -0.1) is 0 Å². The predicted molar refractivity (Wildman–Crippen MR) is 99.0 cm³/mol. The molecule has 1 amide bonds. The summed E-state index contributed by atoms with van der Waals surface area (Å²) < 4.78 is 5.84. The van der Waals surface area contributed by atoms with Crippen LogP contribution in [0.2, 0.25) is 0 Å². The van der Waals surface area contributed by atoms with Crippen LogP contribution in [0.5, 0.6) is 0 Å². The summed E-state index contributed by atoms with van der Waals surface area (Å²) in [6, 6.07) is 15.9. The van der Waals surface area contributed by atoms with E-state index in [1.54, 1.807) is 30.3 Å². The smallest absolute Gasteiger partial charge is 0.251 e. The van der Waals surface area contributed by atoms with E-state index in [9.17, 15) is 4.79 Å². The summed E-state index contributed by atoms with van der Waals surface area (Å²) in [6.07, 6.45) is 0.667. The number of pyridine rings is 1. The number of benzene rings is 1. The van der Waals surface area contributed by atoms with Gasteiger partial charge in [-0.25, -0.2) is 4.98 Å². The normalized spacial score (nSPS) is 16.7. The summed E-state index contributed by atoms with van der Waals surface area (Å²) in [5.41, 5.74) is 1.40. The lowest BCUT2D eigenvalue weighted by atomic mass is 10.1. The standard InChI is InChI=1S/C20H19N5O2/c21-11-15-5-7-16(8-6-15)20(26)23-13-18-14-25(9-2-10-27-18)19-4-1-3-17(12-22)24-19/h1,3-8,18H,2,9-10,13-14H2,(H,23,26). The summed E-state index contributed by atoms with van der Waals surface area (Å²) in [6.45, 7) is 2.33. The molecular weight excluding hydrogens is 342 g/mol. The first-order chi connectivity index (χ1) is 13.2. The number of anilines is 1. The van der Waals surface area contributed by atoms with E-state index in [0.29, 0.717) is 36.5 Å². The Labute approximate surface area is 157 Å². The fourth-order valence-corrected chi connectivity index (χ4v) is 2.89. The molecule has 1 aromatic carbocycles. The third kappa shape index (κ3) is 4.81. The predicted octanol–water partition coefficient (Wildman–Crippen LogP) is 1.85. The van der Waals surface area contributed by atoms with Gasteiger partial charge in [0.05, 0.1) is 17.7 Å². The Balaban J connectivity index is 1.61. The molecule has 1 aliphatic heterocycles. The van der Waals surface area contributed by atoms with E-state index in [1.807, 2.05) is 18.2 Å². The number of carbonyl (C=O) groups excluding carboxylic acids is 1. The largest absolute Gasteiger partial charge is 0.374 e. The molecule has 0 aliphatic carbocycles. The molecule has 1 unspecified atom stereocenters. The molecule has 0 bridgehead atoms. The first-order valence-corrected chi connectivity index (χ1v) is 8.71. The van der Waals surface area contributed by atoms with Crippen LogP contribution in [-0.2, 0) is 4.74 Å². The average Bonchev–Trinajstić information content (AvgIpc) is 2.98. The zero-order valence-electron chi connectivity index (χ0n) is 14.8. The van der Waals surface area contributed by atoms with Crippen molar-refractivity contribution in [3.63, 3.8) is 0 Å². The SMILES string of the molecule is N#Cc1ccc(C(=O)NCC2CN(c3cccc(C#N)n3)CCCO2)cc1. The van der Waals surface area contributed by atoms with Crippen molar-refractivity contribution < 1.29 is 9.53 Å². The molecule has 0 spiro atoms. The van der Waals surface area contributed by atoms with Gasteiger partial charge in [-0.2, -0.15) is 10.5 Å². The summed E-state index contributed by atoms with van der Waals surface area (Å²) >= 11 is 0. The fourth-order valence-electron chi connectivity index (χ4n) is 2.89. The van der Waals surface area contributed by atoms with Crippen molar-refractivity contribution in [1.29, 1.82) is 10.5 Å². The van der Waals surface area contributed by atoms with Crippen LogP contribution >= 0.6 is 0 Å². The minimum atomic E-state index is -0.205. The Morgan fingerprint density at radius 2 is 2.04 bits per heavy atom. The topological polar surface area (TPSA) is 102 Å². The first-order valence-electron chi connectivity index (χ1n) is 8.71. The van der Waals surface area contributed by atoms with Gasteiger partial charge in [0.25, 0.3) is 5.91 Å². The number of nitrogens with zero attached hydrogens (tertiary/aromatic N) is 4. The average molecular weight is 361 g/mol. The van der Waals surface area contributed by atoms with Crippen LogP contribution in [0.15, 0.2) is 42.5 Å². The van der Waals surface area contributed by atoms with Crippen LogP contribution in [-0.4, -0.2) is 43.2 Å². The molecule has 0 radical (unpaired) electrons. The van der Waals surface area contributed by atoms with E-state index < -0.39 is 0 Å². The molecule has 1 fully saturated rings. The molecule has 27 heavy (non-hydrogen) atoms. The Hall–Kier alpha value is -3.42. The van der Waals surface area contributed by atoms with Gasteiger partial charge in [0, 0.05) is 31.8 Å². The second kappa shape index (κ2) is 8.79. The number of hydrogen-bond donors (Lipinski definition) is 1. The molecule has 7 heteroatoms. The summed E-state index contributed by atoms with van der Waals surface area (Å²) in [5, 5.41) is 20.7. The van der Waals surface area contributed by atoms with Crippen molar-refractivity contribution in [3.05, 3.63) is 59.3 Å². The molecule has 2 heterocycles. The van der Waals surface area contributed by atoms with Crippen molar-refractivity contribution in [1.82, 2.24) is 10.3 Å². The van der Waals surface area contributed by atoms with Crippen LogP contribution in [0.3, 0.4) is 0 Å². The molecule has 0 saturated carbocycles. The van der Waals surface area contributed by atoms with Gasteiger partial charge >= 0.3 is 0 Å². The number of amides is 1. The molecule has 2 aromatic rings. The van der Waals surface area contributed by atoms with Crippen LogP contribution in [0.4, 0.5) is 5.82 Å². The number of hydrogen-bond acceptors (Lipinski definition) is 6. The van der Waals surface area contributed by atoms with Crippen molar-refractivity contribution in [2.45, 2.75) is 12.5 Å². The second-order valence-electron chi connectivity index (χ2n) is 6.18. The van der Waals surface area contributed by atoms with Crippen LogP contribution in [0, 0.1) is 22.7 Å². The molecule has 1 aromatic heterocycles. The van der Waals surface area contributed by atoms with Gasteiger partial charge in [-0.1, -0.05) is 6.07 Å². The van der Waals surface area contributed by atoms with E-state index in [0.717, 1.165) is 18.8 Å². The summed E-state index contributed by atoms with van der Waals surface area (Å²) in [7, 11) is 0. The molecule has 1 aliphatic rings. The molecule has 1 N–H and O–H groups in total. The highest BCUT2D eigenvalue weighted by atomic mass is 16.5. The Morgan fingerprint density at radius 3 is 2.78 bits per heavy atom. The molecule has 1 saturated heterocycles. The third-order valence-corrected chi connectivity index (χ3v) is 4.29. The monoisotopic (exact) mass is 361 g/mol. The van der Waals surface area contributed by atoms with Crippen LogP contribution < -0.4 is 10.2 Å².